The predicted molar refractivity (Wildman–Crippen MR) is 55.2 cm³/mol. The molecule has 0 amide bonds. The van der Waals surface area contributed by atoms with Crippen LogP contribution in [0.2, 0.25) is 0 Å². The number of nitrogens with zero attached hydrogens (tertiary/aromatic N) is 1. The fraction of sp³-hybridized carbons (Fsp3) is 0.167. The molecule has 66 valence electrons. The summed E-state index contributed by atoms with van der Waals surface area (Å²) in [6.07, 6.45) is 4.13. The lowest BCUT2D eigenvalue weighted by atomic mass is 10.1. The Labute approximate surface area is 78.6 Å². The first-order valence-electron chi connectivity index (χ1n) is 4.48. The quantitative estimate of drug-likeness (QED) is 0.621. The molecule has 0 N–H and O–H groups in total. The van der Waals surface area contributed by atoms with E-state index in [4.69, 9.17) is 0 Å². The Morgan fingerprint density at radius 1 is 1.00 bits per heavy atom. The SMILES string of the molecule is Cc1ccc(-n2cccc2)c(C)c1. The molecule has 0 bridgehead atoms. The summed E-state index contributed by atoms with van der Waals surface area (Å²) >= 11 is 0. The van der Waals surface area contributed by atoms with Gasteiger partial charge in [0, 0.05) is 18.1 Å². The van der Waals surface area contributed by atoms with Gasteiger partial charge in [-0.15, -0.1) is 0 Å². The number of aromatic nitrogens is 1. The molecule has 1 nitrogen and oxygen atoms in total. The molecule has 0 fully saturated rings. The Bertz CT molecular complexity index is 399. The first-order chi connectivity index (χ1) is 6.27. The molecular weight excluding hydrogens is 158 g/mol. The van der Waals surface area contributed by atoms with Crippen molar-refractivity contribution in [1.82, 2.24) is 4.57 Å². The van der Waals surface area contributed by atoms with Crippen LogP contribution in [0.1, 0.15) is 11.1 Å². The number of hydrogen-bond acceptors (Lipinski definition) is 0. The number of hydrogen-bond donors (Lipinski definition) is 0. The molecule has 13 heavy (non-hydrogen) atoms. The smallest absolute Gasteiger partial charge is 0.0478 e. The Hall–Kier alpha value is -1.50. The highest BCUT2D eigenvalue weighted by molar-refractivity contribution is 5.42. The van der Waals surface area contributed by atoms with Crippen molar-refractivity contribution in [2.75, 3.05) is 0 Å². The van der Waals surface area contributed by atoms with Crippen LogP contribution in [0.25, 0.3) is 5.69 Å². The first-order valence-corrected chi connectivity index (χ1v) is 4.48. The molecule has 0 saturated heterocycles. The van der Waals surface area contributed by atoms with E-state index in [-0.39, 0.29) is 0 Å². The second-order valence-electron chi connectivity index (χ2n) is 3.38. The molecule has 0 aliphatic carbocycles. The van der Waals surface area contributed by atoms with Crippen molar-refractivity contribution in [3.05, 3.63) is 53.9 Å². The standard InChI is InChI=1S/C12H13N/c1-10-5-6-12(11(2)9-10)13-7-3-4-8-13/h3-9H,1-2H3. The van der Waals surface area contributed by atoms with Crippen LogP contribution in [-0.4, -0.2) is 4.57 Å². The molecule has 2 aromatic rings. The molecule has 0 saturated carbocycles. The van der Waals surface area contributed by atoms with Gasteiger partial charge >= 0.3 is 0 Å². The summed E-state index contributed by atoms with van der Waals surface area (Å²) in [5.74, 6) is 0. The maximum absolute atomic E-state index is 2.20. The van der Waals surface area contributed by atoms with E-state index in [1.165, 1.54) is 16.8 Å². The Balaban J connectivity index is 2.53. The molecule has 1 heterocycles. The van der Waals surface area contributed by atoms with Crippen molar-refractivity contribution in [2.24, 2.45) is 0 Å². The lowest BCUT2D eigenvalue weighted by Gasteiger charge is -2.07. The molecule has 0 aliphatic heterocycles. The van der Waals surface area contributed by atoms with Crippen molar-refractivity contribution in [3.63, 3.8) is 0 Å². The minimum atomic E-state index is 1.26. The highest BCUT2D eigenvalue weighted by Crippen LogP contribution is 2.15. The zero-order valence-electron chi connectivity index (χ0n) is 7.99. The van der Waals surface area contributed by atoms with Crippen LogP contribution in [0.15, 0.2) is 42.7 Å². The zero-order valence-corrected chi connectivity index (χ0v) is 7.99. The topological polar surface area (TPSA) is 4.93 Å². The monoisotopic (exact) mass is 171 g/mol. The lowest BCUT2D eigenvalue weighted by Crippen LogP contribution is -1.93. The van der Waals surface area contributed by atoms with Crippen molar-refractivity contribution in [1.29, 1.82) is 0 Å². The number of rotatable bonds is 1. The van der Waals surface area contributed by atoms with Gasteiger partial charge in [-0.25, -0.2) is 0 Å². The molecule has 1 aromatic carbocycles. The zero-order chi connectivity index (χ0) is 9.26. The van der Waals surface area contributed by atoms with E-state index in [1.54, 1.807) is 0 Å². The van der Waals surface area contributed by atoms with Gasteiger partial charge in [0.25, 0.3) is 0 Å². The van der Waals surface area contributed by atoms with Crippen molar-refractivity contribution < 1.29 is 0 Å². The number of aryl methyl sites for hydroxylation is 2. The summed E-state index contributed by atoms with van der Waals surface area (Å²) in [6.45, 7) is 4.26. The third kappa shape index (κ3) is 1.50. The van der Waals surface area contributed by atoms with Crippen LogP contribution < -0.4 is 0 Å². The molecule has 0 radical (unpaired) electrons. The van der Waals surface area contributed by atoms with E-state index in [1.807, 2.05) is 12.1 Å². The second kappa shape index (κ2) is 3.09. The third-order valence-corrected chi connectivity index (χ3v) is 2.23. The van der Waals surface area contributed by atoms with E-state index in [0.29, 0.717) is 0 Å². The third-order valence-electron chi connectivity index (χ3n) is 2.23. The highest BCUT2D eigenvalue weighted by atomic mass is 14.9. The Morgan fingerprint density at radius 3 is 2.31 bits per heavy atom. The van der Waals surface area contributed by atoms with E-state index in [9.17, 15) is 0 Å². The minimum Gasteiger partial charge on any atom is -0.324 e. The van der Waals surface area contributed by atoms with Crippen LogP contribution in [-0.2, 0) is 0 Å². The summed E-state index contributed by atoms with van der Waals surface area (Å²) in [4.78, 5) is 0. The van der Waals surface area contributed by atoms with E-state index < -0.39 is 0 Å². The molecule has 0 unspecified atom stereocenters. The maximum Gasteiger partial charge on any atom is 0.0478 e. The molecule has 0 aliphatic rings. The first kappa shape index (κ1) is 8.11. The van der Waals surface area contributed by atoms with E-state index >= 15 is 0 Å². The Morgan fingerprint density at radius 2 is 1.69 bits per heavy atom. The molecule has 0 atom stereocenters. The number of benzene rings is 1. The van der Waals surface area contributed by atoms with Gasteiger partial charge < -0.3 is 4.57 Å². The van der Waals surface area contributed by atoms with Crippen LogP contribution in [0, 0.1) is 13.8 Å². The summed E-state index contributed by atoms with van der Waals surface area (Å²) in [5.41, 5.74) is 3.89. The molecule has 0 spiro atoms. The minimum absolute atomic E-state index is 1.26. The highest BCUT2D eigenvalue weighted by Gasteiger charge is 1.98. The Kier molecular flexibility index (Phi) is 1.93. The fourth-order valence-electron chi connectivity index (χ4n) is 1.59. The van der Waals surface area contributed by atoms with Crippen molar-refractivity contribution in [2.45, 2.75) is 13.8 Å². The van der Waals surface area contributed by atoms with Crippen LogP contribution in [0.3, 0.4) is 0 Å². The van der Waals surface area contributed by atoms with Gasteiger partial charge in [-0.2, -0.15) is 0 Å². The molecule has 1 aromatic heterocycles. The predicted octanol–water partition coefficient (Wildman–Crippen LogP) is 3.09. The molecule has 2 rings (SSSR count). The van der Waals surface area contributed by atoms with Gasteiger partial charge in [-0.3, -0.25) is 0 Å². The molecular formula is C12H13N. The lowest BCUT2D eigenvalue weighted by molar-refractivity contribution is 1.06. The van der Waals surface area contributed by atoms with E-state index in [0.717, 1.165) is 0 Å². The van der Waals surface area contributed by atoms with Gasteiger partial charge in [-0.1, -0.05) is 17.7 Å². The van der Waals surface area contributed by atoms with Crippen molar-refractivity contribution in [3.8, 4) is 5.69 Å². The van der Waals surface area contributed by atoms with Crippen molar-refractivity contribution >= 4 is 0 Å². The fourth-order valence-corrected chi connectivity index (χ4v) is 1.59. The van der Waals surface area contributed by atoms with Gasteiger partial charge in [-0.05, 0) is 37.6 Å². The van der Waals surface area contributed by atoms with Gasteiger partial charge in [0.2, 0.25) is 0 Å². The van der Waals surface area contributed by atoms with Crippen LogP contribution in [0.4, 0.5) is 0 Å². The van der Waals surface area contributed by atoms with Crippen LogP contribution in [0.5, 0.6) is 0 Å². The summed E-state index contributed by atoms with van der Waals surface area (Å²) in [7, 11) is 0. The van der Waals surface area contributed by atoms with Crippen LogP contribution >= 0.6 is 0 Å². The van der Waals surface area contributed by atoms with Gasteiger partial charge in [0.05, 0.1) is 0 Å². The summed E-state index contributed by atoms with van der Waals surface area (Å²) < 4.78 is 2.13. The summed E-state index contributed by atoms with van der Waals surface area (Å²) in [6, 6.07) is 10.6. The average Bonchev–Trinajstić information content (AvgIpc) is 2.56. The van der Waals surface area contributed by atoms with E-state index in [2.05, 4.69) is 49.0 Å². The van der Waals surface area contributed by atoms with Gasteiger partial charge in [0.1, 0.15) is 0 Å². The average molecular weight is 171 g/mol. The summed E-state index contributed by atoms with van der Waals surface area (Å²) in [5, 5.41) is 0. The second-order valence-corrected chi connectivity index (χ2v) is 3.38. The maximum atomic E-state index is 2.20. The largest absolute Gasteiger partial charge is 0.324 e. The normalized spacial score (nSPS) is 10.3. The molecule has 1 heteroatoms. The van der Waals surface area contributed by atoms with Gasteiger partial charge in [0.15, 0.2) is 0 Å².